The van der Waals surface area contributed by atoms with E-state index in [1.165, 1.54) is 45.9 Å². The molecule has 23 heavy (non-hydrogen) atoms. The molecule has 0 radical (unpaired) electrons. The molecule has 0 saturated heterocycles. The molecule has 0 aliphatic carbocycles. The molecule has 0 spiro atoms. The number of thiophene rings is 4. The molecule has 0 fully saturated rings. The molecule has 0 amide bonds. The van der Waals surface area contributed by atoms with Crippen LogP contribution < -0.4 is 0 Å². The first-order valence-electron chi connectivity index (χ1n) is 7.34. The fourth-order valence-corrected chi connectivity index (χ4v) is 6.90. The number of fused-ring (bicyclic) bond motifs is 3. The molecular formula is C19H12S4. The van der Waals surface area contributed by atoms with Crippen molar-refractivity contribution in [3.8, 4) is 20.9 Å². The topological polar surface area (TPSA) is 0 Å². The van der Waals surface area contributed by atoms with Crippen LogP contribution in [0.4, 0.5) is 0 Å². The zero-order chi connectivity index (χ0) is 15.4. The minimum absolute atomic E-state index is 1.37. The molecule has 1 aromatic carbocycles. The molecule has 0 aliphatic rings. The normalized spacial score (nSPS) is 11.7. The third-order valence-electron chi connectivity index (χ3n) is 4.08. The van der Waals surface area contributed by atoms with Gasteiger partial charge in [0.15, 0.2) is 0 Å². The molecule has 4 heteroatoms. The molecule has 4 aromatic heterocycles. The van der Waals surface area contributed by atoms with Crippen LogP contribution in [0.3, 0.4) is 0 Å². The highest BCUT2D eigenvalue weighted by atomic mass is 32.1. The van der Waals surface area contributed by atoms with Crippen LogP contribution in [0.25, 0.3) is 41.1 Å². The Morgan fingerprint density at radius 2 is 1.35 bits per heavy atom. The van der Waals surface area contributed by atoms with Gasteiger partial charge in [0.2, 0.25) is 0 Å². The SMILES string of the molecule is Cc1ccc(-c2c(-c3cccs3)c3sccc3c3ccsc23)s1. The average Bonchev–Trinajstić information content (AvgIpc) is 3.32. The molecule has 4 heterocycles. The highest BCUT2D eigenvalue weighted by Gasteiger charge is 2.20. The van der Waals surface area contributed by atoms with Crippen molar-refractivity contribution in [2.45, 2.75) is 6.92 Å². The summed E-state index contributed by atoms with van der Waals surface area (Å²) in [6.45, 7) is 2.19. The van der Waals surface area contributed by atoms with Gasteiger partial charge >= 0.3 is 0 Å². The van der Waals surface area contributed by atoms with Crippen molar-refractivity contribution in [3.05, 3.63) is 57.4 Å². The molecule has 0 bridgehead atoms. The Labute approximate surface area is 150 Å². The van der Waals surface area contributed by atoms with E-state index in [1.807, 2.05) is 45.3 Å². The van der Waals surface area contributed by atoms with Gasteiger partial charge in [-0.2, -0.15) is 0 Å². The van der Waals surface area contributed by atoms with Crippen LogP contribution in [-0.4, -0.2) is 0 Å². The molecular weight excluding hydrogens is 356 g/mol. The molecule has 112 valence electrons. The van der Waals surface area contributed by atoms with Crippen molar-refractivity contribution < 1.29 is 0 Å². The maximum atomic E-state index is 2.28. The molecule has 0 atom stereocenters. The summed E-state index contributed by atoms with van der Waals surface area (Å²) in [4.78, 5) is 4.12. The summed E-state index contributed by atoms with van der Waals surface area (Å²) in [6.07, 6.45) is 0. The van der Waals surface area contributed by atoms with Gasteiger partial charge in [0, 0.05) is 45.9 Å². The minimum atomic E-state index is 1.37. The van der Waals surface area contributed by atoms with Crippen LogP contribution in [0.15, 0.2) is 52.5 Å². The van der Waals surface area contributed by atoms with E-state index in [4.69, 9.17) is 0 Å². The van der Waals surface area contributed by atoms with E-state index >= 15 is 0 Å². The lowest BCUT2D eigenvalue weighted by Crippen LogP contribution is -1.83. The van der Waals surface area contributed by atoms with Crippen LogP contribution >= 0.6 is 45.3 Å². The Hall–Kier alpha value is -1.46. The number of aryl methyl sites for hydroxylation is 1. The predicted octanol–water partition coefficient (Wildman–Crippen LogP) is 7.88. The first-order chi connectivity index (χ1) is 11.3. The molecule has 0 nitrogen and oxygen atoms in total. The van der Waals surface area contributed by atoms with Crippen molar-refractivity contribution >= 4 is 65.5 Å². The van der Waals surface area contributed by atoms with Gasteiger partial charge in [-0.05, 0) is 53.4 Å². The maximum absolute atomic E-state index is 2.28. The molecule has 0 N–H and O–H groups in total. The number of rotatable bonds is 2. The van der Waals surface area contributed by atoms with Crippen molar-refractivity contribution in [1.82, 2.24) is 0 Å². The van der Waals surface area contributed by atoms with Crippen LogP contribution in [-0.2, 0) is 0 Å². The average molecular weight is 369 g/mol. The minimum Gasteiger partial charge on any atom is -0.144 e. The van der Waals surface area contributed by atoms with E-state index in [0.29, 0.717) is 0 Å². The van der Waals surface area contributed by atoms with Gasteiger partial charge in [-0.3, -0.25) is 0 Å². The van der Waals surface area contributed by atoms with E-state index in [0.717, 1.165) is 0 Å². The highest BCUT2D eigenvalue weighted by Crippen LogP contribution is 2.50. The van der Waals surface area contributed by atoms with Crippen LogP contribution in [0.5, 0.6) is 0 Å². The van der Waals surface area contributed by atoms with E-state index in [-0.39, 0.29) is 0 Å². The summed E-state index contributed by atoms with van der Waals surface area (Å²) in [5.74, 6) is 0. The summed E-state index contributed by atoms with van der Waals surface area (Å²) in [5.41, 5.74) is 2.84. The molecule has 0 saturated carbocycles. The van der Waals surface area contributed by atoms with Crippen molar-refractivity contribution in [2.24, 2.45) is 0 Å². The number of hydrogen-bond acceptors (Lipinski definition) is 4. The fourth-order valence-electron chi connectivity index (χ4n) is 3.12. The Bertz CT molecular complexity index is 1120. The molecule has 5 aromatic rings. The second-order valence-corrected chi connectivity index (χ2v) is 9.53. The second-order valence-electron chi connectivity index (χ2n) is 5.46. The maximum Gasteiger partial charge on any atom is 0.0442 e. The van der Waals surface area contributed by atoms with E-state index in [9.17, 15) is 0 Å². The zero-order valence-corrected chi connectivity index (χ0v) is 15.6. The summed E-state index contributed by atoms with van der Waals surface area (Å²) in [5, 5.41) is 9.42. The Morgan fingerprint density at radius 1 is 0.652 bits per heavy atom. The lowest BCUT2D eigenvalue weighted by molar-refractivity contribution is 1.64. The summed E-state index contributed by atoms with van der Waals surface area (Å²) in [6, 6.07) is 13.5. The Balaban J connectivity index is 2.03. The van der Waals surface area contributed by atoms with Gasteiger partial charge in [0.25, 0.3) is 0 Å². The van der Waals surface area contributed by atoms with Crippen LogP contribution in [0.2, 0.25) is 0 Å². The smallest absolute Gasteiger partial charge is 0.0442 e. The molecule has 5 rings (SSSR count). The Kier molecular flexibility index (Phi) is 3.20. The summed E-state index contributed by atoms with van der Waals surface area (Å²) >= 11 is 7.46. The second kappa shape index (κ2) is 5.28. The van der Waals surface area contributed by atoms with Gasteiger partial charge in [0.05, 0.1) is 0 Å². The summed E-state index contributed by atoms with van der Waals surface area (Å²) < 4.78 is 2.83. The van der Waals surface area contributed by atoms with Gasteiger partial charge in [-0.1, -0.05) is 6.07 Å². The van der Waals surface area contributed by atoms with Crippen molar-refractivity contribution in [2.75, 3.05) is 0 Å². The standard InChI is InChI=1S/C19H12S4/c1-11-4-5-15(23-11)17-16(14-3-2-8-20-14)18-12(6-9-21-18)13-7-10-22-19(13)17/h2-10H,1H3. The van der Waals surface area contributed by atoms with Crippen LogP contribution in [0.1, 0.15) is 4.88 Å². The van der Waals surface area contributed by atoms with Gasteiger partial charge in [0.1, 0.15) is 0 Å². The first-order valence-corrected chi connectivity index (χ1v) is 10.8. The lowest BCUT2D eigenvalue weighted by Gasteiger charge is -2.11. The number of hydrogen-bond donors (Lipinski definition) is 0. The van der Waals surface area contributed by atoms with Gasteiger partial charge < -0.3 is 0 Å². The van der Waals surface area contributed by atoms with Gasteiger partial charge in [-0.25, -0.2) is 0 Å². The van der Waals surface area contributed by atoms with E-state index < -0.39 is 0 Å². The zero-order valence-electron chi connectivity index (χ0n) is 12.3. The largest absolute Gasteiger partial charge is 0.144 e. The predicted molar refractivity (Wildman–Crippen MR) is 109 cm³/mol. The van der Waals surface area contributed by atoms with Crippen molar-refractivity contribution in [3.63, 3.8) is 0 Å². The third-order valence-corrected chi connectivity index (χ3v) is 7.85. The Morgan fingerprint density at radius 3 is 1.91 bits per heavy atom. The monoisotopic (exact) mass is 368 g/mol. The third kappa shape index (κ3) is 2.06. The first kappa shape index (κ1) is 13.9. The fraction of sp³-hybridized carbons (Fsp3) is 0.0526. The van der Waals surface area contributed by atoms with E-state index in [2.05, 4.69) is 59.5 Å². The quantitative estimate of drug-likeness (QED) is 0.297. The molecule has 0 aliphatic heterocycles. The summed E-state index contributed by atoms with van der Waals surface area (Å²) in [7, 11) is 0. The highest BCUT2D eigenvalue weighted by molar-refractivity contribution is 7.22. The molecule has 0 unspecified atom stereocenters. The number of benzene rings is 1. The lowest BCUT2D eigenvalue weighted by atomic mass is 9.99. The van der Waals surface area contributed by atoms with E-state index in [1.54, 1.807) is 0 Å². The van der Waals surface area contributed by atoms with Crippen molar-refractivity contribution in [1.29, 1.82) is 0 Å². The van der Waals surface area contributed by atoms with Crippen LogP contribution in [0, 0.1) is 6.92 Å². The van der Waals surface area contributed by atoms with Gasteiger partial charge in [-0.15, -0.1) is 45.3 Å².